The highest BCUT2D eigenvalue weighted by Crippen LogP contribution is 2.22. The summed E-state index contributed by atoms with van der Waals surface area (Å²) >= 11 is 5.86. The Balaban J connectivity index is 3.16. The van der Waals surface area contributed by atoms with Crippen molar-refractivity contribution in [1.29, 1.82) is 0 Å². The standard InChI is InChI=1S/C11H14ClNO2S/c1-11(2,3)10(12)13-16(14,15)9-7-5-4-6-8-9/h4-8H,1-3H3/b13-10-. The van der Waals surface area contributed by atoms with Crippen LogP contribution >= 0.6 is 11.6 Å². The Kier molecular flexibility index (Phi) is 3.76. The lowest BCUT2D eigenvalue weighted by Gasteiger charge is -2.15. The van der Waals surface area contributed by atoms with E-state index in [0.717, 1.165) is 0 Å². The zero-order chi connectivity index (χ0) is 12.4. The predicted octanol–water partition coefficient (Wildman–Crippen LogP) is 3.06. The number of hydrogen-bond acceptors (Lipinski definition) is 2. The maximum Gasteiger partial charge on any atom is 0.283 e. The third-order valence-electron chi connectivity index (χ3n) is 1.86. The van der Waals surface area contributed by atoms with Gasteiger partial charge in [-0.1, -0.05) is 50.6 Å². The summed E-state index contributed by atoms with van der Waals surface area (Å²) in [6.45, 7) is 5.41. The van der Waals surface area contributed by atoms with Crippen molar-refractivity contribution < 1.29 is 8.42 Å². The fourth-order valence-corrected chi connectivity index (χ4v) is 2.25. The van der Waals surface area contributed by atoms with Crippen LogP contribution in [-0.2, 0) is 10.0 Å². The molecular weight excluding hydrogens is 246 g/mol. The number of rotatable bonds is 2. The Labute approximate surface area is 101 Å². The third kappa shape index (κ3) is 3.32. The van der Waals surface area contributed by atoms with Gasteiger partial charge in [-0.3, -0.25) is 0 Å². The van der Waals surface area contributed by atoms with Crippen molar-refractivity contribution in [3.05, 3.63) is 30.3 Å². The Hall–Kier alpha value is -0.870. The molecule has 0 amide bonds. The number of benzene rings is 1. The van der Waals surface area contributed by atoms with Crippen molar-refractivity contribution in [2.24, 2.45) is 9.81 Å². The summed E-state index contributed by atoms with van der Waals surface area (Å²) in [6.07, 6.45) is 0. The number of halogens is 1. The summed E-state index contributed by atoms with van der Waals surface area (Å²) in [5.41, 5.74) is -0.469. The van der Waals surface area contributed by atoms with Crippen LogP contribution in [0.4, 0.5) is 0 Å². The van der Waals surface area contributed by atoms with E-state index in [1.54, 1.807) is 39.0 Å². The zero-order valence-corrected chi connectivity index (χ0v) is 11.0. The van der Waals surface area contributed by atoms with Crippen molar-refractivity contribution in [2.75, 3.05) is 0 Å². The molecule has 0 aliphatic rings. The van der Waals surface area contributed by atoms with Crippen LogP contribution in [0.3, 0.4) is 0 Å². The molecular formula is C11H14ClNO2S. The largest absolute Gasteiger partial charge is 0.283 e. The van der Waals surface area contributed by atoms with E-state index in [0.29, 0.717) is 0 Å². The Morgan fingerprint density at radius 1 is 1.19 bits per heavy atom. The van der Waals surface area contributed by atoms with Crippen LogP contribution in [0.2, 0.25) is 0 Å². The highest BCUT2D eigenvalue weighted by atomic mass is 35.5. The van der Waals surface area contributed by atoms with Crippen LogP contribution in [0.25, 0.3) is 0 Å². The van der Waals surface area contributed by atoms with Gasteiger partial charge >= 0.3 is 0 Å². The monoisotopic (exact) mass is 259 g/mol. The first-order valence-electron chi connectivity index (χ1n) is 4.79. The minimum Gasteiger partial charge on any atom is -0.199 e. The summed E-state index contributed by atoms with van der Waals surface area (Å²) in [5, 5.41) is 0.0800. The minimum absolute atomic E-state index is 0.0800. The van der Waals surface area contributed by atoms with Gasteiger partial charge in [0.15, 0.2) is 0 Å². The highest BCUT2D eigenvalue weighted by Gasteiger charge is 2.21. The molecule has 1 rings (SSSR count). The molecule has 0 radical (unpaired) electrons. The van der Waals surface area contributed by atoms with Gasteiger partial charge in [-0.2, -0.15) is 12.8 Å². The van der Waals surface area contributed by atoms with Gasteiger partial charge in [0.1, 0.15) is 5.17 Å². The molecule has 1 aromatic carbocycles. The molecule has 0 unspecified atom stereocenters. The van der Waals surface area contributed by atoms with E-state index in [9.17, 15) is 8.42 Å². The van der Waals surface area contributed by atoms with Gasteiger partial charge in [0.25, 0.3) is 10.0 Å². The molecule has 0 aliphatic carbocycles. The van der Waals surface area contributed by atoms with E-state index in [1.807, 2.05) is 0 Å². The second-order valence-corrected chi connectivity index (χ2v) is 6.38. The van der Waals surface area contributed by atoms with Gasteiger partial charge in [0, 0.05) is 5.41 Å². The molecule has 0 atom stereocenters. The second kappa shape index (κ2) is 4.55. The second-order valence-electron chi connectivity index (χ2n) is 4.42. The van der Waals surface area contributed by atoms with Gasteiger partial charge in [-0.05, 0) is 12.1 Å². The average molecular weight is 260 g/mol. The first-order valence-corrected chi connectivity index (χ1v) is 6.61. The summed E-state index contributed by atoms with van der Waals surface area (Å²) in [5.74, 6) is 0. The smallest absolute Gasteiger partial charge is 0.199 e. The van der Waals surface area contributed by atoms with Crippen LogP contribution < -0.4 is 0 Å². The predicted molar refractivity (Wildman–Crippen MR) is 66.4 cm³/mol. The topological polar surface area (TPSA) is 46.5 Å². The molecule has 0 spiro atoms. The van der Waals surface area contributed by atoms with E-state index in [-0.39, 0.29) is 10.1 Å². The van der Waals surface area contributed by atoms with E-state index >= 15 is 0 Å². The number of sulfonamides is 1. The summed E-state index contributed by atoms with van der Waals surface area (Å²) in [6, 6.07) is 8.02. The summed E-state index contributed by atoms with van der Waals surface area (Å²) in [4.78, 5) is 0.150. The van der Waals surface area contributed by atoms with Crippen molar-refractivity contribution in [1.82, 2.24) is 0 Å². The van der Waals surface area contributed by atoms with Crippen LogP contribution in [-0.4, -0.2) is 13.6 Å². The van der Waals surface area contributed by atoms with E-state index in [1.165, 1.54) is 12.1 Å². The van der Waals surface area contributed by atoms with Crippen molar-refractivity contribution in [3.63, 3.8) is 0 Å². The molecule has 3 nitrogen and oxygen atoms in total. The molecule has 1 aromatic rings. The van der Waals surface area contributed by atoms with Crippen molar-refractivity contribution >= 4 is 26.8 Å². The first-order chi connectivity index (χ1) is 7.23. The minimum atomic E-state index is -3.69. The van der Waals surface area contributed by atoms with Gasteiger partial charge in [0.2, 0.25) is 0 Å². The van der Waals surface area contributed by atoms with E-state index in [4.69, 9.17) is 11.6 Å². The highest BCUT2D eigenvalue weighted by molar-refractivity contribution is 7.90. The van der Waals surface area contributed by atoms with E-state index < -0.39 is 15.4 Å². The molecule has 0 heterocycles. The maximum absolute atomic E-state index is 11.8. The molecule has 0 aliphatic heterocycles. The van der Waals surface area contributed by atoms with E-state index in [2.05, 4.69) is 4.40 Å². The maximum atomic E-state index is 11.8. The van der Waals surface area contributed by atoms with Gasteiger partial charge in [-0.15, -0.1) is 0 Å². The van der Waals surface area contributed by atoms with Gasteiger partial charge in [-0.25, -0.2) is 0 Å². The Morgan fingerprint density at radius 2 is 1.69 bits per heavy atom. The number of nitrogens with zero attached hydrogens (tertiary/aromatic N) is 1. The summed E-state index contributed by atoms with van der Waals surface area (Å²) in [7, 11) is -3.69. The Bertz CT molecular complexity index is 486. The molecule has 88 valence electrons. The molecule has 5 heteroatoms. The number of hydrogen-bond donors (Lipinski definition) is 0. The van der Waals surface area contributed by atoms with Crippen LogP contribution in [0.1, 0.15) is 20.8 Å². The van der Waals surface area contributed by atoms with Crippen LogP contribution in [0, 0.1) is 5.41 Å². The lowest BCUT2D eigenvalue weighted by atomic mass is 9.99. The molecule has 16 heavy (non-hydrogen) atoms. The van der Waals surface area contributed by atoms with Crippen molar-refractivity contribution in [2.45, 2.75) is 25.7 Å². The third-order valence-corrected chi connectivity index (χ3v) is 3.90. The average Bonchev–Trinajstić information content (AvgIpc) is 2.17. The molecule has 0 fully saturated rings. The summed E-state index contributed by atoms with van der Waals surface area (Å²) < 4.78 is 27.2. The van der Waals surface area contributed by atoms with Gasteiger partial charge < -0.3 is 0 Å². The normalized spacial score (nSPS) is 13.9. The lowest BCUT2D eigenvalue weighted by molar-refractivity contribution is 0.587. The van der Waals surface area contributed by atoms with Crippen LogP contribution in [0.15, 0.2) is 39.6 Å². The lowest BCUT2D eigenvalue weighted by Crippen LogP contribution is -2.16. The molecule has 0 N–H and O–H groups in total. The fourth-order valence-electron chi connectivity index (χ4n) is 0.888. The molecule has 0 aromatic heterocycles. The first kappa shape index (κ1) is 13.2. The molecule has 0 bridgehead atoms. The Morgan fingerprint density at radius 3 is 2.12 bits per heavy atom. The molecule has 0 saturated heterocycles. The molecule has 0 saturated carbocycles. The van der Waals surface area contributed by atoms with Crippen LogP contribution in [0.5, 0.6) is 0 Å². The van der Waals surface area contributed by atoms with Crippen molar-refractivity contribution in [3.8, 4) is 0 Å². The zero-order valence-electron chi connectivity index (χ0n) is 9.44. The quantitative estimate of drug-likeness (QED) is 0.767. The fraction of sp³-hybridized carbons (Fsp3) is 0.364. The van der Waals surface area contributed by atoms with Gasteiger partial charge in [0.05, 0.1) is 4.90 Å². The SMILES string of the molecule is CC(C)(C)/C(Cl)=N/S(=O)(=O)c1ccccc1.